The molecule has 0 aromatic carbocycles. The first-order valence-electron chi connectivity index (χ1n) is 4.35. The van der Waals surface area contributed by atoms with E-state index in [0.717, 1.165) is 5.69 Å². The van der Waals surface area contributed by atoms with Crippen LogP contribution in [0.15, 0.2) is 6.20 Å². The van der Waals surface area contributed by atoms with Crippen LogP contribution in [0.3, 0.4) is 0 Å². The fraction of sp³-hybridized carbons (Fsp3) is 0.556. The Morgan fingerprint density at radius 3 is 2.87 bits per heavy atom. The second-order valence-electron chi connectivity index (χ2n) is 2.91. The van der Waals surface area contributed by atoms with E-state index in [9.17, 15) is 0 Å². The molecule has 0 saturated carbocycles. The summed E-state index contributed by atoms with van der Waals surface area (Å²) in [6, 6.07) is 0.325. The highest BCUT2D eigenvalue weighted by atomic mass is 79.9. The van der Waals surface area contributed by atoms with Gasteiger partial charge >= 0.3 is 6.01 Å². The van der Waals surface area contributed by atoms with Gasteiger partial charge in [0, 0.05) is 18.4 Å². The maximum atomic E-state index is 5.96. The van der Waals surface area contributed by atoms with Gasteiger partial charge in [0.2, 0.25) is 0 Å². The number of halogens is 2. The SMILES string of the molecule is COCC(Br)Cc1nc(OC)ncc1Cl. The van der Waals surface area contributed by atoms with E-state index < -0.39 is 0 Å². The Bertz CT molecular complexity index is 325. The summed E-state index contributed by atoms with van der Waals surface area (Å²) < 4.78 is 9.93. The maximum Gasteiger partial charge on any atom is 0.316 e. The van der Waals surface area contributed by atoms with Crippen LogP contribution in [-0.4, -0.2) is 35.6 Å². The van der Waals surface area contributed by atoms with Crippen molar-refractivity contribution in [2.24, 2.45) is 0 Å². The van der Waals surface area contributed by atoms with Crippen molar-refractivity contribution in [1.82, 2.24) is 9.97 Å². The summed E-state index contributed by atoms with van der Waals surface area (Å²) in [4.78, 5) is 8.24. The minimum Gasteiger partial charge on any atom is -0.467 e. The van der Waals surface area contributed by atoms with E-state index in [4.69, 9.17) is 21.1 Å². The maximum absolute atomic E-state index is 5.96. The van der Waals surface area contributed by atoms with E-state index in [1.807, 2.05) is 0 Å². The Balaban J connectivity index is 2.74. The molecule has 1 heterocycles. The van der Waals surface area contributed by atoms with E-state index in [1.54, 1.807) is 7.11 Å². The molecule has 0 aliphatic rings. The predicted octanol–water partition coefficient (Wildman–Crippen LogP) is 2.09. The predicted molar refractivity (Wildman–Crippen MR) is 61.9 cm³/mol. The van der Waals surface area contributed by atoms with Crippen molar-refractivity contribution in [1.29, 1.82) is 0 Å². The average molecular weight is 296 g/mol. The summed E-state index contributed by atoms with van der Waals surface area (Å²) in [5, 5.41) is 0.538. The molecule has 0 saturated heterocycles. The van der Waals surface area contributed by atoms with E-state index in [1.165, 1.54) is 13.3 Å². The number of alkyl halides is 1. The van der Waals surface area contributed by atoms with Crippen LogP contribution in [-0.2, 0) is 11.2 Å². The molecule has 4 nitrogen and oxygen atoms in total. The molecular formula is C9H12BrClN2O2. The molecule has 1 aromatic heterocycles. The summed E-state index contributed by atoms with van der Waals surface area (Å²) in [6.45, 7) is 0.600. The van der Waals surface area contributed by atoms with Gasteiger partial charge in [-0.3, -0.25) is 0 Å². The van der Waals surface area contributed by atoms with Crippen LogP contribution < -0.4 is 4.74 Å². The van der Waals surface area contributed by atoms with Crippen molar-refractivity contribution in [2.75, 3.05) is 20.8 Å². The Morgan fingerprint density at radius 1 is 1.53 bits per heavy atom. The van der Waals surface area contributed by atoms with Crippen LogP contribution in [0, 0.1) is 0 Å². The molecule has 15 heavy (non-hydrogen) atoms. The third-order valence-corrected chi connectivity index (χ3v) is 2.64. The number of aromatic nitrogens is 2. The highest BCUT2D eigenvalue weighted by Gasteiger charge is 2.11. The lowest BCUT2D eigenvalue weighted by atomic mass is 10.2. The Labute approximate surface area is 102 Å². The molecule has 1 rings (SSSR count). The fourth-order valence-corrected chi connectivity index (χ4v) is 1.81. The van der Waals surface area contributed by atoms with Crippen molar-refractivity contribution in [2.45, 2.75) is 11.2 Å². The summed E-state index contributed by atoms with van der Waals surface area (Å²) in [6.07, 6.45) is 2.21. The largest absolute Gasteiger partial charge is 0.467 e. The highest BCUT2D eigenvalue weighted by Crippen LogP contribution is 2.19. The van der Waals surface area contributed by atoms with Crippen LogP contribution >= 0.6 is 27.5 Å². The van der Waals surface area contributed by atoms with Crippen LogP contribution in [0.5, 0.6) is 6.01 Å². The van der Waals surface area contributed by atoms with E-state index in [2.05, 4.69) is 25.9 Å². The van der Waals surface area contributed by atoms with E-state index in [-0.39, 0.29) is 4.83 Å². The van der Waals surface area contributed by atoms with Crippen molar-refractivity contribution < 1.29 is 9.47 Å². The highest BCUT2D eigenvalue weighted by molar-refractivity contribution is 9.09. The zero-order valence-corrected chi connectivity index (χ0v) is 10.9. The third-order valence-electron chi connectivity index (χ3n) is 1.74. The molecule has 1 aromatic rings. The number of ether oxygens (including phenoxy) is 2. The number of nitrogens with zero attached hydrogens (tertiary/aromatic N) is 2. The fourth-order valence-electron chi connectivity index (χ4n) is 1.08. The lowest BCUT2D eigenvalue weighted by Gasteiger charge is -2.09. The normalized spacial score (nSPS) is 12.5. The molecule has 0 spiro atoms. The molecule has 0 aliphatic carbocycles. The second kappa shape index (κ2) is 6.25. The summed E-state index contributed by atoms with van der Waals surface area (Å²) >= 11 is 9.43. The molecule has 1 atom stereocenters. The Hall–Kier alpha value is -0.390. The quantitative estimate of drug-likeness (QED) is 0.780. The van der Waals surface area contributed by atoms with Crippen molar-refractivity contribution in [3.63, 3.8) is 0 Å². The summed E-state index contributed by atoms with van der Waals surface area (Å²) in [7, 11) is 3.17. The first kappa shape index (κ1) is 12.7. The topological polar surface area (TPSA) is 44.2 Å². The van der Waals surface area contributed by atoms with Gasteiger partial charge in [-0.2, -0.15) is 4.98 Å². The summed E-state index contributed by atoms with van der Waals surface area (Å²) in [5.74, 6) is 0. The van der Waals surface area contributed by atoms with Gasteiger partial charge in [-0.1, -0.05) is 27.5 Å². The molecular weight excluding hydrogens is 283 g/mol. The molecule has 0 amide bonds. The van der Waals surface area contributed by atoms with Gasteiger partial charge in [0.25, 0.3) is 0 Å². The van der Waals surface area contributed by atoms with Crippen LogP contribution in [0.25, 0.3) is 0 Å². The number of methoxy groups -OCH3 is 2. The first-order chi connectivity index (χ1) is 7.17. The zero-order chi connectivity index (χ0) is 11.3. The van der Waals surface area contributed by atoms with Gasteiger partial charge in [0.1, 0.15) is 0 Å². The molecule has 1 unspecified atom stereocenters. The van der Waals surface area contributed by atoms with Gasteiger partial charge in [-0.15, -0.1) is 0 Å². The molecule has 84 valence electrons. The average Bonchev–Trinajstić information content (AvgIpc) is 2.21. The second-order valence-corrected chi connectivity index (χ2v) is 4.61. The van der Waals surface area contributed by atoms with Gasteiger partial charge in [-0.25, -0.2) is 4.98 Å². The lowest BCUT2D eigenvalue weighted by Crippen LogP contribution is -2.12. The monoisotopic (exact) mass is 294 g/mol. The standard InChI is InChI=1S/C9H12BrClN2O2/c1-14-5-6(10)3-8-7(11)4-12-9(13-8)15-2/h4,6H,3,5H2,1-2H3. The number of hydrogen-bond acceptors (Lipinski definition) is 4. The minimum absolute atomic E-state index is 0.180. The van der Waals surface area contributed by atoms with Crippen LogP contribution in [0.1, 0.15) is 5.69 Å². The van der Waals surface area contributed by atoms with Gasteiger partial charge in [0.05, 0.1) is 30.6 Å². The zero-order valence-electron chi connectivity index (χ0n) is 8.54. The number of rotatable bonds is 5. The number of hydrogen-bond donors (Lipinski definition) is 0. The van der Waals surface area contributed by atoms with E-state index >= 15 is 0 Å². The first-order valence-corrected chi connectivity index (χ1v) is 5.65. The van der Waals surface area contributed by atoms with Crippen molar-refractivity contribution in [3.8, 4) is 6.01 Å². The molecule has 6 heteroatoms. The minimum atomic E-state index is 0.180. The smallest absolute Gasteiger partial charge is 0.316 e. The van der Waals surface area contributed by atoms with Gasteiger partial charge in [-0.05, 0) is 0 Å². The lowest BCUT2D eigenvalue weighted by molar-refractivity contribution is 0.200. The van der Waals surface area contributed by atoms with Gasteiger partial charge < -0.3 is 9.47 Å². The van der Waals surface area contributed by atoms with Crippen LogP contribution in [0.2, 0.25) is 5.02 Å². The molecule has 0 bridgehead atoms. The van der Waals surface area contributed by atoms with Crippen molar-refractivity contribution >= 4 is 27.5 Å². The molecule has 0 N–H and O–H groups in total. The molecule has 0 radical (unpaired) electrons. The van der Waals surface area contributed by atoms with E-state index in [0.29, 0.717) is 24.1 Å². The summed E-state index contributed by atoms with van der Waals surface area (Å²) in [5.41, 5.74) is 0.752. The Kier molecular flexibility index (Phi) is 5.28. The molecule has 0 fully saturated rings. The van der Waals surface area contributed by atoms with Crippen LogP contribution in [0.4, 0.5) is 0 Å². The Morgan fingerprint density at radius 2 is 2.27 bits per heavy atom. The molecule has 0 aliphatic heterocycles. The third kappa shape index (κ3) is 3.93. The van der Waals surface area contributed by atoms with Crippen molar-refractivity contribution in [3.05, 3.63) is 16.9 Å². The van der Waals surface area contributed by atoms with Gasteiger partial charge in [0.15, 0.2) is 0 Å².